The van der Waals surface area contributed by atoms with E-state index in [1.165, 1.54) is 12.8 Å². The van der Waals surface area contributed by atoms with Gasteiger partial charge in [-0.2, -0.15) is 5.26 Å². The third kappa shape index (κ3) is 2.70. The van der Waals surface area contributed by atoms with E-state index in [-0.39, 0.29) is 0 Å². The molecule has 0 aromatic carbocycles. The van der Waals surface area contributed by atoms with Gasteiger partial charge < -0.3 is 10.6 Å². The molecular weight excluding hydrogens is 214 g/mol. The molecular formula is C12H21N5. The Kier molecular flexibility index (Phi) is 3.85. The van der Waals surface area contributed by atoms with Crippen molar-refractivity contribution >= 4 is 5.96 Å². The van der Waals surface area contributed by atoms with Gasteiger partial charge in [0.2, 0.25) is 0 Å². The molecule has 0 radical (unpaired) electrons. The predicted octanol–water partition coefficient (Wildman–Crippen LogP) is 0.639. The van der Waals surface area contributed by atoms with Crippen LogP contribution in [0.4, 0.5) is 0 Å². The maximum Gasteiger partial charge on any atom is 0.188 e. The molecule has 94 valence electrons. The van der Waals surface area contributed by atoms with Crippen molar-refractivity contribution in [2.75, 3.05) is 13.6 Å². The van der Waals surface area contributed by atoms with Gasteiger partial charge in [-0.15, -0.1) is 0 Å². The third-order valence-corrected chi connectivity index (χ3v) is 3.96. The normalized spacial score (nSPS) is 31.9. The molecule has 3 atom stereocenters. The van der Waals surface area contributed by atoms with E-state index < -0.39 is 0 Å². The number of nitriles is 1. The van der Waals surface area contributed by atoms with Crippen molar-refractivity contribution < 1.29 is 0 Å². The quantitative estimate of drug-likeness (QED) is 0.496. The van der Waals surface area contributed by atoms with E-state index in [1.807, 2.05) is 0 Å². The van der Waals surface area contributed by atoms with Crippen LogP contribution in [-0.2, 0) is 0 Å². The van der Waals surface area contributed by atoms with E-state index in [4.69, 9.17) is 10.7 Å². The average molecular weight is 235 g/mol. The molecule has 17 heavy (non-hydrogen) atoms. The van der Waals surface area contributed by atoms with Gasteiger partial charge in [-0.1, -0.05) is 0 Å². The fraction of sp³-hybridized carbons (Fsp3) is 0.833. The largest absolute Gasteiger partial charge is 0.360 e. The summed E-state index contributed by atoms with van der Waals surface area (Å²) in [6.45, 7) is 0.919. The molecule has 2 bridgehead atoms. The number of rotatable bonds is 3. The van der Waals surface area contributed by atoms with Crippen molar-refractivity contribution in [3.05, 3.63) is 0 Å². The molecule has 5 heteroatoms. The molecule has 2 fully saturated rings. The smallest absolute Gasteiger partial charge is 0.188 e. The minimum Gasteiger partial charge on any atom is -0.360 e. The molecule has 2 aliphatic heterocycles. The van der Waals surface area contributed by atoms with Crippen LogP contribution in [0.5, 0.6) is 0 Å². The number of hydrogen-bond acceptors (Lipinski definition) is 3. The summed E-state index contributed by atoms with van der Waals surface area (Å²) >= 11 is 0. The summed E-state index contributed by atoms with van der Waals surface area (Å²) in [5, 5.41) is 22.3. The minimum atomic E-state index is 0.417. The maximum absolute atomic E-state index is 8.67. The summed E-state index contributed by atoms with van der Waals surface area (Å²) in [5.41, 5.74) is 0. The summed E-state index contributed by atoms with van der Waals surface area (Å²) in [6, 6.07) is 3.89. The number of guanidine groups is 1. The van der Waals surface area contributed by atoms with Crippen molar-refractivity contribution in [3.8, 4) is 6.07 Å². The molecule has 0 spiro atoms. The first-order valence-corrected chi connectivity index (χ1v) is 6.40. The number of piperidine rings is 1. The summed E-state index contributed by atoms with van der Waals surface area (Å²) in [5.74, 6) is 0.417. The second kappa shape index (κ2) is 5.37. The Hall–Kier alpha value is -1.28. The first-order valence-electron chi connectivity index (χ1n) is 6.40. The second-order valence-electron chi connectivity index (χ2n) is 4.97. The molecule has 2 heterocycles. The molecule has 0 amide bonds. The maximum atomic E-state index is 8.67. The van der Waals surface area contributed by atoms with Crippen LogP contribution in [-0.4, -0.2) is 42.6 Å². The fourth-order valence-corrected chi connectivity index (χ4v) is 3.21. The molecule has 0 aromatic heterocycles. The lowest BCUT2D eigenvalue weighted by Crippen LogP contribution is -2.52. The molecule has 0 aliphatic carbocycles. The molecule has 0 unspecified atom stereocenters. The van der Waals surface area contributed by atoms with Crippen molar-refractivity contribution in [1.82, 2.24) is 15.5 Å². The van der Waals surface area contributed by atoms with Gasteiger partial charge in [-0.3, -0.25) is 10.3 Å². The van der Waals surface area contributed by atoms with Gasteiger partial charge in [0.1, 0.15) is 0 Å². The van der Waals surface area contributed by atoms with Crippen LogP contribution < -0.4 is 10.6 Å². The predicted molar refractivity (Wildman–Crippen MR) is 66.7 cm³/mol. The van der Waals surface area contributed by atoms with E-state index in [0.717, 1.165) is 19.4 Å². The topological polar surface area (TPSA) is 74.9 Å². The van der Waals surface area contributed by atoms with Crippen molar-refractivity contribution in [2.45, 2.75) is 50.2 Å². The van der Waals surface area contributed by atoms with Crippen LogP contribution in [0, 0.1) is 16.7 Å². The van der Waals surface area contributed by atoms with Gasteiger partial charge in [-0.05, 0) is 25.7 Å². The lowest BCUT2D eigenvalue weighted by molar-refractivity contribution is 0.125. The molecule has 0 aromatic rings. The Morgan fingerprint density at radius 3 is 2.59 bits per heavy atom. The number of hydrogen-bond donors (Lipinski definition) is 3. The Morgan fingerprint density at radius 1 is 1.41 bits per heavy atom. The van der Waals surface area contributed by atoms with E-state index in [0.29, 0.717) is 30.5 Å². The second-order valence-corrected chi connectivity index (χ2v) is 4.97. The number of fused-ring (bicyclic) bond motifs is 2. The minimum absolute atomic E-state index is 0.417. The molecule has 2 saturated heterocycles. The summed E-state index contributed by atoms with van der Waals surface area (Å²) in [6.07, 6.45) is 5.34. The zero-order chi connectivity index (χ0) is 12.3. The Balaban J connectivity index is 1.88. The summed E-state index contributed by atoms with van der Waals surface area (Å²) < 4.78 is 0. The Morgan fingerprint density at radius 2 is 2.06 bits per heavy atom. The van der Waals surface area contributed by atoms with Gasteiger partial charge in [-0.25, -0.2) is 0 Å². The van der Waals surface area contributed by atoms with Gasteiger partial charge in [0.15, 0.2) is 5.96 Å². The van der Waals surface area contributed by atoms with E-state index >= 15 is 0 Å². The Labute approximate surface area is 103 Å². The van der Waals surface area contributed by atoms with Gasteiger partial charge in [0, 0.05) is 38.1 Å². The molecule has 0 saturated carbocycles. The van der Waals surface area contributed by atoms with Gasteiger partial charge in [0.25, 0.3) is 0 Å². The molecule has 5 nitrogen and oxygen atoms in total. The average Bonchev–Trinajstić information content (AvgIpc) is 2.57. The van der Waals surface area contributed by atoms with E-state index in [2.05, 4.69) is 21.6 Å². The SMILES string of the molecule is CNC(=N)N[C@@H]1C[C@H]2CC[C@@H](C1)N2CCC#N. The monoisotopic (exact) mass is 235 g/mol. The first-order chi connectivity index (χ1) is 8.24. The molecule has 2 rings (SSSR count). The van der Waals surface area contributed by atoms with Crippen LogP contribution in [0.1, 0.15) is 32.1 Å². The lowest BCUT2D eigenvalue weighted by atomic mass is 9.97. The fourth-order valence-electron chi connectivity index (χ4n) is 3.21. The summed E-state index contributed by atoms with van der Waals surface area (Å²) in [4.78, 5) is 2.50. The van der Waals surface area contributed by atoms with Crippen LogP contribution >= 0.6 is 0 Å². The van der Waals surface area contributed by atoms with Crippen LogP contribution in [0.25, 0.3) is 0 Å². The first kappa shape index (κ1) is 12.2. The van der Waals surface area contributed by atoms with Crippen LogP contribution in [0.15, 0.2) is 0 Å². The molecule has 3 N–H and O–H groups in total. The van der Waals surface area contributed by atoms with Crippen molar-refractivity contribution in [1.29, 1.82) is 10.7 Å². The van der Waals surface area contributed by atoms with Crippen LogP contribution in [0.2, 0.25) is 0 Å². The summed E-state index contributed by atoms with van der Waals surface area (Å²) in [7, 11) is 1.77. The van der Waals surface area contributed by atoms with Gasteiger partial charge in [0.05, 0.1) is 6.07 Å². The zero-order valence-electron chi connectivity index (χ0n) is 10.4. The molecule has 2 aliphatic rings. The highest BCUT2D eigenvalue weighted by Crippen LogP contribution is 2.35. The third-order valence-electron chi connectivity index (χ3n) is 3.96. The van der Waals surface area contributed by atoms with E-state index in [9.17, 15) is 0 Å². The number of nitrogens with one attached hydrogen (secondary N) is 3. The number of nitrogens with zero attached hydrogens (tertiary/aromatic N) is 2. The zero-order valence-corrected chi connectivity index (χ0v) is 10.4. The highest BCUT2D eigenvalue weighted by Gasteiger charge is 2.40. The Bertz CT molecular complexity index is 307. The highest BCUT2D eigenvalue weighted by molar-refractivity contribution is 5.76. The van der Waals surface area contributed by atoms with Crippen molar-refractivity contribution in [2.24, 2.45) is 0 Å². The van der Waals surface area contributed by atoms with Gasteiger partial charge >= 0.3 is 0 Å². The highest BCUT2D eigenvalue weighted by atomic mass is 15.2. The standard InChI is InChI=1S/C12H21N5/c1-15-12(14)16-9-7-10-3-4-11(8-9)17(10)6-2-5-13/h9-11H,2-4,6-8H2,1H3,(H3,14,15,16)/t9-,10-,11+. The van der Waals surface area contributed by atoms with Crippen LogP contribution in [0.3, 0.4) is 0 Å². The van der Waals surface area contributed by atoms with Crippen molar-refractivity contribution in [3.63, 3.8) is 0 Å². The lowest BCUT2D eigenvalue weighted by Gasteiger charge is -2.39. The van der Waals surface area contributed by atoms with E-state index in [1.54, 1.807) is 7.05 Å².